The van der Waals surface area contributed by atoms with Crippen LogP contribution in [0.4, 0.5) is 21.5 Å². The van der Waals surface area contributed by atoms with E-state index in [9.17, 15) is 0 Å². The van der Waals surface area contributed by atoms with Gasteiger partial charge in [-0.15, -0.1) is 0 Å². The minimum Gasteiger partial charge on any atom is -0.385 e. The molecule has 0 radical (unpaired) electrons. The summed E-state index contributed by atoms with van der Waals surface area (Å²) in [5.74, 6) is 0.453. The van der Waals surface area contributed by atoms with Gasteiger partial charge in [-0.2, -0.15) is 0 Å². The van der Waals surface area contributed by atoms with Crippen LogP contribution in [0.15, 0.2) is 73.1 Å². The van der Waals surface area contributed by atoms with Crippen molar-refractivity contribution in [3.05, 3.63) is 95.6 Å². The molecule has 2 N–H and O–H groups in total. The highest BCUT2D eigenvalue weighted by Crippen LogP contribution is 2.51. The fourth-order valence-corrected chi connectivity index (χ4v) is 5.77. The molecule has 3 aromatic carbocycles. The fourth-order valence-electron chi connectivity index (χ4n) is 5.77. The van der Waals surface area contributed by atoms with Crippen molar-refractivity contribution in [2.24, 2.45) is 5.92 Å². The summed E-state index contributed by atoms with van der Waals surface area (Å²) in [5.41, 5.74) is 8.39. The molecule has 1 unspecified atom stereocenters. The van der Waals surface area contributed by atoms with Crippen LogP contribution in [0.2, 0.25) is 0 Å². The van der Waals surface area contributed by atoms with Gasteiger partial charge in [0.05, 0.1) is 11.4 Å². The summed E-state index contributed by atoms with van der Waals surface area (Å²) in [6.45, 7) is 17.1. The Kier molecular flexibility index (Phi) is 7.60. The van der Waals surface area contributed by atoms with Crippen molar-refractivity contribution in [3.63, 3.8) is 0 Å². The lowest BCUT2D eigenvalue weighted by atomic mass is 9.84. The van der Waals surface area contributed by atoms with Crippen LogP contribution in [-0.2, 0) is 6.42 Å². The Morgan fingerprint density at radius 2 is 1.82 bits per heavy atom. The molecule has 0 aliphatic carbocycles. The Bertz CT molecular complexity index is 1420. The molecule has 0 aromatic heterocycles. The van der Waals surface area contributed by atoms with Gasteiger partial charge in [-0.05, 0) is 58.9 Å². The van der Waals surface area contributed by atoms with Gasteiger partial charge in [0.2, 0.25) is 0 Å². The lowest BCUT2D eigenvalue weighted by molar-refractivity contribution is 0.465. The molecule has 0 saturated heterocycles. The molecule has 0 saturated carbocycles. The highest BCUT2D eigenvalue weighted by atomic mass is 19.1. The number of halogens is 1. The first-order chi connectivity index (χ1) is 18.4. The van der Waals surface area contributed by atoms with E-state index in [1.165, 1.54) is 35.6 Å². The summed E-state index contributed by atoms with van der Waals surface area (Å²) in [4.78, 5) is 2.24. The zero-order valence-electron chi connectivity index (χ0n) is 23.1. The molecule has 4 heteroatoms. The van der Waals surface area contributed by atoms with E-state index in [-0.39, 0.29) is 5.82 Å². The number of benzene rings is 3. The molecule has 0 amide bonds. The standard InChI is InChI=1S/C34H40FN3/c1-6-8-11-22(3)14-16-36-24(5)30-21-38-32-19-26-13-10-9-12-25(26)17-27(32)18-29-33(37-15-7-2)31(35)20-28(23(30)4)34(29)38/h9-10,12-13,17,19-22,36-37H,4-8,11,14-16,18H2,1-3H3. The van der Waals surface area contributed by atoms with Gasteiger partial charge in [0.15, 0.2) is 0 Å². The molecule has 2 heterocycles. The third-order valence-corrected chi connectivity index (χ3v) is 7.98. The summed E-state index contributed by atoms with van der Waals surface area (Å²) in [7, 11) is 0. The van der Waals surface area contributed by atoms with Crippen LogP contribution in [0.1, 0.15) is 69.6 Å². The minimum atomic E-state index is -0.220. The average molecular weight is 510 g/mol. The molecule has 2 aliphatic heterocycles. The molecule has 3 nitrogen and oxygen atoms in total. The number of rotatable bonds is 11. The van der Waals surface area contributed by atoms with Gasteiger partial charge in [0.25, 0.3) is 0 Å². The van der Waals surface area contributed by atoms with Crippen molar-refractivity contribution in [2.75, 3.05) is 23.3 Å². The lowest BCUT2D eigenvalue weighted by Gasteiger charge is -2.39. The maximum Gasteiger partial charge on any atom is 0.147 e. The molecule has 0 spiro atoms. The van der Waals surface area contributed by atoms with E-state index >= 15 is 4.39 Å². The molecule has 5 rings (SSSR count). The Morgan fingerprint density at radius 1 is 1.05 bits per heavy atom. The van der Waals surface area contributed by atoms with Crippen molar-refractivity contribution in [2.45, 2.75) is 59.3 Å². The van der Waals surface area contributed by atoms with E-state index in [0.717, 1.165) is 65.3 Å². The largest absolute Gasteiger partial charge is 0.385 e. The number of fused-ring (bicyclic) bond motifs is 3. The Hall–Kier alpha value is -3.53. The van der Waals surface area contributed by atoms with E-state index < -0.39 is 0 Å². The van der Waals surface area contributed by atoms with Gasteiger partial charge in [0.1, 0.15) is 5.82 Å². The molecular formula is C34H40FN3. The fraction of sp³-hybridized carbons (Fsp3) is 0.353. The molecule has 38 heavy (non-hydrogen) atoms. The molecule has 0 bridgehead atoms. The monoisotopic (exact) mass is 509 g/mol. The molecule has 3 aromatic rings. The zero-order valence-corrected chi connectivity index (χ0v) is 23.1. The summed E-state index contributed by atoms with van der Waals surface area (Å²) in [6, 6.07) is 14.6. The Labute approximate surface area is 227 Å². The molecule has 1 atom stereocenters. The third-order valence-electron chi connectivity index (χ3n) is 7.98. The first-order valence-electron chi connectivity index (χ1n) is 14.2. The molecule has 2 aliphatic rings. The number of anilines is 3. The predicted octanol–water partition coefficient (Wildman–Crippen LogP) is 9.07. The quantitative estimate of drug-likeness (QED) is 0.270. The topological polar surface area (TPSA) is 27.3 Å². The maximum atomic E-state index is 15.6. The van der Waals surface area contributed by atoms with Gasteiger partial charge >= 0.3 is 0 Å². The van der Waals surface area contributed by atoms with Gasteiger partial charge < -0.3 is 15.5 Å². The predicted molar refractivity (Wildman–Crippen MR) is 162 cm³/mol. The second-order valence-corrected chi connectivity index (χ2v) is 10.9. The summed E-state index contributed by atoms with van der Waals surface area (Å²) < 4.78 is 15.6. The average Bonchev–Trinajstić information content (AvgIpc) is 2.91. The minimum absolute atomic E-state index is 0.220. The lowest BCUT2D eigenvalue weighted by Crippen LogP contribution is -2.27. The van der Waals surface area contributed by atoms with E-state index in [2.05, 4.69) is 92.1 Å². The Balaban J connectivity index is 1.55. The summed E-state index contributed by atoms with van der Waals surface area (Å²) in [5, 5.41) is 9.32. The van der Waals surface area contributed by atoms with Crippen molar-refractivity contribution in [3.8, 4) is 0 Å². The smallest absolute Gasteiger partial charge is 0.147 e. The van der Waals surface area contributed by atoms with E-state index in [0.29, 0.717) is 18.0 Å². The SMILES string of the molecule is C=C(NCCC(C)CCCC)C1=CN2c3cc4ccccc4cc3Cc3c(NCCC)c(F)cc(c32)C1=C. The molecular weight excluding hydrogens is 469 g/mol. The van der Waals surface area contributed by atoms with Gasteiger partial charge in [-0.3, -0.25) is 0 Å². The number of nitrogens with one attached hydrogen (secondary N) is 2. The van der Waals surface area contributed by atoms with Crippen molar-refractivity contribution < 1.29 is 4.39 Å². The first-order valence-corrected chi connectivity index (χ1v) is 14.2. The van der Waals surface area contributed by atoms with Crippen LogP contribution in [0, 0.1) is 11.7 Å². The third kappa shape index (κ3) is 4.84. The van der Waals surface area contributed by atoms with E-state index in [1.54, 1.807) is 6.07 Å². The van der Waals surface area contributed by atoms with Crippen LogP contribution in [0.3, 0.4) is 0 Å². The van der Waals surface area contributed by atoms with Gasteiger partial charge in [-0.1, -0.05) is 77.5 Å². The highest BCUT2D eigenvalue weighted by Gasteiger charge is 2.33. The van der Waals surface area contributed by atoms with Crippen LogP contribution >= 0.6 is 0 Å². The number of hydrogen-bond acceptors (Lipinski definition) is 3. The number of nitrogens with zero attached hydrogens (tertiary/aromatic N) is 1. The van der Waals surface area contributed by atoms with Crippen LogP contribution in [0.5, 0.6) is 0 Å². The first kappa shape index (κ1) is 26.1. The van der Waals surface area contributed by atoms with Crippen LogP contribution in [0.25, 0.3) is 16.3 Å². The second kappa shape index (κ2) is 11.1. The highest BCUT2D eigenvalue weighted by molar-refractivity contribution is 6.00. The van der Waals surface area contributed by atoms with E-state index in [4.69, 9.17) is 0 Å². The summed E-state index contributed by atoms with van der Waals surface area (Å²) in [6.07, 6.45) is 8.61. The normalized spacial score (nSPS) is 14.6. The van der Waals surface area contributed by atoms with E-state index in [1.807, 2.05) is 0 Å². The van der Waals surface area contributed by atoms with Crippen molar-refractivity contribution in [1.29, 1.82) is 0 Å². The van der Waals surface area contributed by atoms with Gasteiger partial charge in [-0.25, -0.2) is 4.39 Å². The van der Waals surface area contributed by atoms with Crippen LogP contribution < -0.4 is 15.5 Å². The second-order valence-electron chi connectivity index (χ2n) is 10.9. The van der Waals surface area contributed by atoms with Gasteiger partial charge in [0, 0.05) is 53.8 Å². The summed E-state index contributed by atoms with van der Waals surface area (Å²) >= 11 is 0. The van der Waals surface area contributed by atoms with Crippen LogP contribution in [-0.4, -0.2) is 13.1 Å². The van der Waals surface area contributed by atoms with Crippen molar-refractivity contribution >= 4 is 33.4 Å². The number of hydrogen-bond donors (Lipinski definition) is 2. The number of allylic oxidation sites excluding steroid dienone is 1. The number of unbranched alkanes of at least 4 members (excludes halogenated alkanes) is 1. The molecule has 0 fully saturated rings. The molecule has 198 valence electrons. The zero-order chi connectivity index (χ0) is 26.8. The van der Waals surface area contributed by atoms with Crippen molar-refractivity contribution in [1.82, 2.24) is 5.32 Å². The maximum absolute atomic E-state index is 15.6. The Morgan fingerprint density at radius 3 is 2.55 bits per heavy atom.